The molecule has 0 fully saturated rings. The predicted octanol–water partition coefficient (Wildman–Crippen LogP) is 4.58. The van der Waals surface area contributed by atoms with Gasteiger partial charge in [-0.25, -0.2) is 4.39 Å². The third kappa shape index (κ3) is 4.59. The highest BCUT2D eigenvalue weighted by Crippen LogP contribution is 2.28. The minimum atomic E-state index is -0.486. The lowest BCUT2D eigenvalue weighted by atomic mass is 9.96. The molecule has 1 rings (SSSR count). The van der Waals surface area contributed by atoms with Crippen molar-refractivity contribution in [2.45, 2.75) is 45.8 Å². The Hall–Kier alpha value is -0.350. The summed E-state index contributed by atoms with van der Waals surface area (Å²) in [5, 5.41) is 13.7. The van der Waals surface area contributed by atoms with Gasteiger partial charge in [-0.1, -0.05) is 49.9 Å². The molecule has 2 nitrogen and oxygen atoms in total. The lowest BCUT2D eigenvalue weighted by Gasteiger charge is -2.23. The van der Waals surface area contributed by atoms with Crippen molar-refractivity contribution < 1.29 is 9.50 Å². The first-order valence-corrected chi connectivity index (χ1v) is 7.72. The molecule has 0 spiro atoms. The molecular weight excluding hydrogens is 300 g/mol. The minimum absolute atomic E-state index is 0.0167. The number of aliphatic hydroxyl groups is 1. The van der Waals surface area contributed by atoms with E-state index in [1.165, 1.54) is 12.1 Å². The van der Waals surface area contributed by atoms with Gasteiger partial charge in [0.2, 0.25) is 0 Å². The van der Waals surface area contributed by atoms with Crippen molar-refractivity contribution in [3.05, 3.63) is 33.6 Å². The molecule has 0 aliphatic carbocycles. The van der Waals surface area contributed by atoms with E-state index in [2.05, 4.69) is 19.2 Å². The normalized spacial score (nSPS) is 14.6. The molecule has 2 atom stereocenters. The first-order valence-electron chi connectivity index (χ1n) is 6.96. The Morgan fingerprint density at radius 1 is 1.20 bits per heavy atom. The summed E-state index contributed by atoms with van der Waals surface area (Å²) in [5.74, 6) is -0.215. The molecule has 20 heavy (non-hydrogen) atoms. The topological polar surface area (TPSA) is 32.3 Å². The lowest BCUT2D eigenvalue weighted by molar-refractivity contribution is 0.0989. The van der Waals surface area contributed by atoms with Crippen LogP contribution in [0, 0.1) is 11.7 Å². The van der Waals surface area contributed by atoms with E-state index in [9.17, 15) is 9.50 Å². The van der Waals surface area contributed by atoms with Gasteiger partial charge in [-0.05, 0) is 30.5 Å². The molecular formula is C15H22Cl2FNO. The van der Waals surface area contributed by atoms with Gasteiger partial charge in [-0.2, -0.15) is 0 Å². The van der Waals surface area contributed by atoms with Crippen LogP contribution in [-0.2, 0) is 0 Å². The SMILES string of the molecule is CCC(CC)C(O)CNC(C)c1cc(F)c(Cl)cc1Cl. The van der Waals surface area contributed by atoms with Crippen LogP contribution < -0.4 is 5.32 Å². The van der Waals surface area contributed by atoms with Gasteiger partial charge in [0.05, 0.1) is 11.1 Å². The number of halogens is 3. The van der Waals surface area contributed by atoms with E-state index in [1.807, 2.05) is 6.92 Å². The van der Waals surface area contributed by atoms with Crippen molar-refractivity contribution in [2.75, 3.05) is 6.54 Å². The summed E-state index contributed by atoms with van der Waals surface area (Å²) >= 11 is 11.8. The van der Waals surface area contributed by atoms with E-state index < -0.39 is 11.9 Å². The lowest BCUT2D eigenvalue weighted by Crippen LogP contribution is -2.34. The maximum absolute atomic E-state index is 13.5. The quantitative estimate of drug-likeness (QED) is 0.720. The van der Waals surface area contributed by atoms with E-state index in [0.29, 0.717) is 17.1 Å². The molecule has 2 N–H and O–H groups in total. The molecule has 0 aliphatic heterocycles. The van der Waals surface area contributed by atoms with Crippen molar-refractivity contribution in [2.24, 2.45) is 5.92 Å². The minimum Gasteiger partial charge on any atom is -0.392 e. The molecule has 0 heterocycles. The van der Waals surface area contributed by atoms with Crippen LogP contribution >= 0.6 is 23.2 Å². The average Bonchev–Trinajstić information content (AvgIpc) is 2.41. The number of aliphatic hydroxyl groups excluding tert-OH is 1. The highest BCUT2D eigenvalue weighted by molar-refractivity contribution is 6.35. The Kier molecular flexibility index (Phi) is 7.24. The first-order chi connectivity index (χ1) is 9.40. The van der Waals surface area contributed by atoms with Crippen LogP contribution in [0.25, 0.3) is 0 Å². The zero-order chi connectivity index (χ0) is 15.3. The van der Waals surface area contributed by atoms with Gasteiger partial charge in [0.1, 0.15) is 5.82 Å². The van der Waals surface area contributed by atoms with E-state index >= 15 is 0 Å². The second kappa shape index (κ2) is 8.18. The molecule has 0 aliphatic rings. The van der Waals surface area contributed by atoms with Crippen LogP contribution in [0.2, 0.25) is 10.0 Å². The molecule has 0 radical (unpaired) electrons. The zero-order valence-corrected chi connectivity index (χ0v) is 13.6. The number of nitrogens with one attached hydrogen (secondary N) is 1. The smallest absolute Gasteiger partial charge is 0.142 e. The van der Waals surface area contributed by atoms with Crippen LogP contribution in [0.4, 0.5) is 4.39 Å². The molecule has 0 aromatic heterocycles. The van der Waals surface area contributed by atoms with E-state index in [4.69, 9.17) is 23.2 Å². The maximum Gasteiger partial charge on any atom is 0.142 e. The highest BCUT2D eigenvalue weighted by atomic mass is 35.5. The third-order valence-electron chi connectivity index (χ3n) is 3.73. The summed E-state index contributed by atoms with van der Waals surface area (Å²) in [4.78, 5) is 0. The molecule has 1 aromatic carbocycles. The van der Waals surface area contributed by atoms with Gasteiger partial charge >= 0.3 is 0 Å². The fourth-order valence-electron chi connectivity index (χ4n) is 2.28. The molecule has 0 amide bonds. The Morgan fingerprint density at radius 3 is 2.35 bits per heavy atom. The van der Waals surface area contributed by atoms with Crippen molar-refractivity contribution >= 4 is 23.2 Å². The van der Waals surface area contributed by atoms with Gasteiger partial charge in [-0.15, -0.1) is 0 Å². The molecule has 0 saturated heterocycles. The maximum atomic E-state index is 13.5. The molecule has 5 heteroatoms. The monoisotopic (exact) mass is 321 g/mol. The highest BCUT2D eigenvalue weighted by Gasteiger charge is 2.18. The van der Waals surface area contributed by atoms with Crippen molar-refractivity contribution in [1.82, 2.24) is 5.32 Å². The summed E-state index contributed by atoms with van der Waals surface area (Å²) in [6.45, 7) is 6.46. The number of hydrogen-bond donors (Lipinski definition) is 2. The number of rotatable bonds is 7. The van der Waals surface area contributed by atoms with Crippen LogP contribution in [0.1, 0.15) is 45.2 Å². The van der Waals surface area contributed by atoms with Crippen LogP contribution in [0.15, 0.2) is 12.1 Å². The third-order valence-corrected chi connectivity index (χ3v) is 4.35. The zero-order valence-electron chi connectivity index (χ0n) is 12.1. The largest absolute Gasteiger partial charge is 0.392 e. The van der Waals surface area contributed by atoms with Crippen LogP contribution in [0.3, 0.4) is 0 Å². The van der Waals surface area contributed by atoms with E-state index in [-0.39, 0.29) is 17.0 Å². The van der Waals surface area contributed by atoms with Crippen molar-refractivity contribution in [3.63, 3.8) is 0 Å². The number of hydrogen-bond acceptors (Lipinski definition) is 2. The summed E-state index contributed by atoms with van der Waals surface area (Å²) < 4.78 is 13.5. The van der Waals surface area contributed by atoms with Crippen LogP contribution in [-0.4, -0.2) is 17.8 Å². The van der Waals surface area contributed by atoms with Crippen molar-refractivity contribution in [1.29, 1.82) is 0 Å². The fourth-order valence-corrected chi connectivity index (χ4v) is 2.82. The summed E-state index contributed by atoms with van der Waals surface area (Å²) in [7, 11) is 0. The molecule has 2 unspecified atom stereocenters. The predicted molar refractivity (Wildman–Crippen MR) is 82.9 cm³/mol. The van der Waals surface area contributed by atoms with Gasteiger partial charge in [0, 0.05) is 17.6 Å². The first kappa shape index (κ1) is 17.7. The Morgan fingerprint density at radius 2 is 1.80 bits per heavy atom. The fraction of sp³-hybridized carbons (Fsp3) is 0.600. The number of benzene rings is 1. The molecule has 0 saturated carbocycles. The van der Waals surface area contributed by atoms with E-state index in [0.717, 1.165) is 12.8 Å². The van der Waals surface area contributed by atoms with Gasteiger partial charge in [-0.3, -0.25) is 0 Å². The molecule has 114 valence electrons. The summed E-state index contributed by atoms with van der Waals surface area (Å²) in [6, 6.07) is 2.59. The Labute approximate surface area is 130 Å². The average molecular weight is 322 g/mol. The molecule has 0 bridgehead atoms. The van der Waals surface area contributed by atoms with Gasteiger partial charge < -0.3 is 10.4 Å². The molecule has 1 aromatic rings. The summed E-state index contributed by atoms with van der Waals surface area (Å²) in [5.41, 5.74) is 0.644. The van der Waals surface area contributed by atoms with Gasteiger partial charge in [0.15, 0.2) is 0 Å². The van der Waals surface area contributed by atoms with E-state index in [1.54, 1.807) is 0 Å². The second-order valence-corrected chi connectivity index (χ2v) is 5.88. The Bertz CT molecular complexity index is 438. The summed E-state index contributed by atoms with van der Waals surface area (Å²) in [6.07, 6.45) is 1.46. The van der Waals surface area contributed by atoms with Crippen molar-refractivity contribution in [3.8, 4) is 0 Å². The van der Waals surface area contributed by atoms with Gasteiger partial charge in [0.25, 0.3) is 0 Å². The Balaban J connectivity index is 2.68. The second-order valence-electron chi connectivity index (χ2n) is 5.06. The van der Waals surface area contributed by atoms with Crippen LogP contribution in [0.5, 0.6) is 0 Å². The standard InChI is InChI=1S/C15H22Cl2FNO/c1-4-10(5-2)15(20)8-19-9(3)11-6-14(18)13(17)7-12(11)16/h6-7,9-10,15,19-20H,4-5,8H2,1-3H3.